The summed E-state index contributed by atoms with van der Waals surface area (Å²) in [7, 11) is 0. The van der Waals surface area contributed by atoms with Crippen LogP contribution in [-0.4, -0.2) is 38.9 Å². The Balaban J connectivity index is 1.94. The topological polar surface area (TPSA) is 105 Å². The summed E-state index contributed by atoms with van der Waals surface area (Å²) < 4.78 is 69.8. The Morgan fingerprint density at radius 3 is 2.69 bits per heavy atom. The van der Waals surface area contributed by atoms with Gasteiger partial charge in [-0.2, -0.15) is 27.9 Å². The second-order valence-corrected chi connectivity index (χ2v) is 7.30. The number of alkyl halides is 3. The van der Waals surface area contributed by atoms with Crippen molar-refractivity contribution in [1.29, 1.82) is 0 Å². The number of carbonyl (C=O) groups is 1. The zero-order valence-electron chi connectivity index (χ0n) is 18.2. The molecule has 0 aliphatic rings. The first-order valence-electron chi connectivity index (χ1n) is 9.96. The van der Waals surface area contributed by atoms with Crippen LogP contribution in [0.4, 0.5) is 17.6 Å². The summed E-state index contributed by atoms with van der Waals surface area (Å²) in [6.45, 7) is 2.48. The first-order valence-corrected chi connectivity index (χ1v) is 10.3. The molecule has 3 aromatic rings. The molecule has 0 spiro atoms. The van der Waals surface area contributed by atoms with Crippen molar-refractivity contribution in [2.45, 2.75) is 26.4 Å². The molecule has 0 atom stereocenters. The SMILES string of the molecule is CCCOC(=O)COc1ncccc1Oc1nc(-n2ncc(C(F)(F)F)c(C)c2=O)c(F)cc1Cl. The van der Waals surface area contributed by atoms with Crippen molar-refractivity contribution in [3.05, 3.63) is 62.9 Å². The highest BCUT2D eigenvalue weighted by Crippen LogP contribution is 2.34. The average molecular weight is 517 g/mol. The third-order valence-electron chi connectivity index (χ3n) is 4.34. The quantitative estimate of drug-likeness (QED) is 0.323. The molecule has 3 heterocycles. The summed E-state index contributed by atoms with van der Waals surface area (Å²) in [5.41, 5.74) is -3.21. The average Bonchev–Trinajstić information content (AvgIpc) is 2.80. The van der Waals surface area contributed by atoms with Crippen LogP contribution in [0.5, 0.6) is 17.5 Å². The lowest BCUT2D eigenvalue weighted by atomic mass is 10.2. The minimum Gasteiger partial charge on any atom is -0.463 e. The van der Waals surface area contributed by atoms with Gasteiger partial charge in [-0.1, -0.05) is 18.5 Å². The third kappa shape index (κ3) is 6.04. The Bertz CT molecular complexity index is 1300. The lowest BCUT2D eigenvalue weighted by Crippen LogP contribution is -2.28. The molecule has 0 saturated heterocycles. The summed E-state index contributed by atoms with van der Waals surface area (Å²) in [6.07, 6.45) is -2.47. The molecular formula is C21H17ClF4N4O5. The van der Waals surface area contributed by atoms with Crippen LogP contribution in [-0.2, 0) is 15.7 Å². The predicted octanol–water partition coefficient (Wildman–Crippen LogP) is 4.27. The monoisotopic (exact) mass is 516 g/mol. The van der Waals surface area contributed by atoms with Crippen molar-refractivity contribution in [1.82, 2.24) is 19.7 Å². The Morgan fingerprint density at radius 2 is 2.00 bits per heavy atom. The second kappa shape index (κ2) is 10.7. The van der Waals surface area contributed by atoms with E-state index in [1.54, 1.807) is 0 Å². The van der Waals surface area contributed by atoms with Gasteiger partial charge in [-0.25, -0.2) is 14.2 Å². The number of ether oxygens (including phenoxy) is 3. The van der Waals surface area contributed by atoms with Crippen molar-refractivity contribution in [2.24, 2.45) is 0 Å². The van der Waals surface area contributed by atoms with Gasteiger partial charge in [-0.15, -0.1) is 0 Å². The molecule has 0 radical (unpaired) electrons. The molecule has 0 aromatic carbocycles. The van der Waals surface area contributed by atoms with Gasteiger partial charge >= 0.3 is 12.1 Å². The molecule has 0 N–H and O–H groups in total. The van der Waals surface area contributed by atoms with Gasteiger partial charge in [0.1, 0.15) is 5.02 Å². The summed E-state index contributed by atoms with van der Waals surface area (Å²) in [5.74, 6) is -3.19. The number of rotatable bonds is 8. The van der Waals surface area contributed by atoms with Crippen LogP contribution >= 0.6 is 11.6 Å². The Labute approximate surface area is 200 Å². The van der Waals surface area contributed by atoms with Crippen molar-refractivity contribution in [3.63, 3.8) is 0 Å². The van der Waals surface area contributed by atoms with E-state index in [1.807, 2.05) is 6.92 Å². The zero-order chi connectivity index (χ0) is 25.8. The van der Waals surface area contributed by atoms with E-state index >= 15 is 0 Å². The normalized spacial score (nSPS) is 11.3. The highest BCUT2D eigenvalue weighted by Gasteiger charge is 2.34. The molecule has 3 rings (SSSR count). The highest BCUT2D eigenvalue weighted by molar-refractivity contribution is 6.31. The number of aromatic nitrogens is 4. The van der Waals surface area contributed by atoms with Gasteiger partial charge in [0, 0.05) is 17.8 Å². The molecular weight excluding hydrogens is 500 g/mol. The summed E-state index contributed by atoms with van der Waals surface area (Å²) in [6, 6.07) is 3.59. The molecule has 0 unspecified atom stereocenters. The van der Waals surface area contributed by atoms with E-state index in [9.17, 15) is 27.2 Å². The van der Waals surface area contributed by atoms with E-state index in [4.69, 9.17) is 25.8 Å². The molecule has 186 valence electrons. The van der Waals surface area contributed by atoms with Crippen molar-refractivity contribution >= 4 is 17.6 Å². The molecule has 35 heavy (non-hydrogen) atoms. The maximum absolute atomic E-state index is 14.6. The molecule has 0 fully saturated rings. The van der Waals surface area contributed by atoms with Crippen LogP contribution in [0, 0.1) is 12.7 Å². The summed E-state index contributed by atoms with van der Waals surface area (Å²) >= 11 is 6.01. The van der Waals surface area contributed by atoms with Gasteiger partial charge in [0.25, 0.3) is 11.4 Å². The van der Waals surface area contributed by atoms with Crippen LogP contribution in [0.3, 0.4) is 0 Å². The van der Waals surface area contributed by atoms with E-state index < -0.39 is 53.0 Å². The fourth-order valence-corrected chi connectivity index (χ4v) is 2.86. The molecule has 0 bridgehead atoms. The van der Waals surface area contributed by atoms with Crippen LogP contribution in [0.1, 0.15) is 24.5 Å². The van der Waals surface area contributed by atoms with Crippen molar-refractivity contribution < 1.29 is 36.6 Å². The summed E-state index contributed by atoms with van der Waals surface area (Å²) in [5, 5.41) is 3.07. The van der Waals surface area contributed by atoms with E-state index in [0.29, 0.717) is 17.3 Å². The van der Waals surface area contributed by atoms with Gasteiger partial charge < -0.3 is 14.2 Å². The number of hydrogen-bond donors (Lipinski definition) is 0. The van der Waals surface area contributed by atoms with Gasteiger partial charge in [0.2, 0.25) is 5.88 Å². The van der Waals surface area contributed by atoms with Gasteiger partial charge in [-0.05, 0) is 25.5 Å². The number of halogens is 5. The van der Waals surface area contributed by atoms with Gasteiger partial charge in [0.05, 0.1) is 18.4 Å². The zero-order valence-corrected chi connectivity index (χ0v) is 19.0. The lowest BCUT2D eigenvalue weighted by molar-refractivity contribution is -0.146. The largest absolute Gasteiger partial charge is 0.463 e. The Morgan fingerprint density at radius 1 is 1.26 bits per heavy atom. The number of pyridine rings is 2. The Hall–Kier alpha value is -3.74. The van der Waals surface area contributed by atoms with Gasteiger partial charge in [-0.3, -0.25) is 4.79 Å². The highest BCUT2D eigenvalue weighted by atomic mass is 35.5. The van der Waals surface area contributed by atoms with E-state index in [-0.39, 0.29) is 23.3 Å². The first kappa shape index (κ1) is 25.9. The minimum atomic E-state index is -4.82. The smallest absolute Gasteiger partial charge is 0.418 e. The minimum absolute atomic E-state index is 0.0772. The summed E-state index contributed by atoms with van der Waals surface area (Å²) in [4.78, 5) is 31.9. The van der Waals surface area contributed by atoms with Gasteiger partial charge in [0.15, 0.2) is 24.0 Å². The molecule has 0 aliphatic heterocycles. The standard InChI is InChI=1S/C21H17ClF4N4O5/c1-3-7-33-16(31)10-34-19-15(5-4-6-27-19)35-18-13(22)8-14(23)17(29-18)30-20(32)11(2)12(9-28-30)21(24,25)26/h4-6,8-9H,3,7,10H2,1-2H3. The fraction of sp³-hybridized carbons (Fsp3) is 0.286. The molecule has 14 heteroatoms. The number of carbonyl (C=O) groups excluding carboxylic acids is 1. The lowest BCUT2D eigenvalue weighted by Gasteiger charge is -2.14. The fourth-order valence-electron chi connectivity index (χ4n) is 2.69. The number of hydrogen-bond acceptors (Lipinski definition) is 8. The van der Waals surface area contributed by atoms with Crippen molar-refractivity contribution in [3.8, 4) is 23.3 Å². The third-order valence-corrected chi connectivity index (χ3v) is 4.61. The molecule has 3 aromatic heterocycles. The van der Waals surface area contributed by atoms with Crippen molar-refractivity contribution in [2.75, 3.05) is 13.2 Å². The predicted molar refractivity (Wildman–Crippen MR) is 113 cm³/mol. The number of esters is 1. The molecule has 0 aliphatic carbocycles. The Kier molecular flexibility index (Phi) is 7.89. The first-order chi connectivity index (χ1) is 16.5. The molecule has 0 amide bonds. The van der Waals surface area contributed by atoms with E-state index in [1.165, 1.54) is 18.3 Å². The maximum Gasteiger partial charge on any atom is 0.418 e. The maximum atomic E-state index is 14.6. The second-order valence-electron chi connectivity index (χ2n) is 6.90. The van der Waals surface area contributed by atoms with Crippen LogP contribution in [0.2, 0.25) is 5.02 Å². The van der Waals surface area contributed by atoms with Crippen LogP contribution in [0.25, 0.3) is 5.82 Å². The molecule has 9 nitrogen and oxygen atoms in total. The van der Waals surface area contributed by atoms with Crippen LogP contribution in [0.15, 0.2) is 35.4 Å². The molecule has 0 saturated carbocycles. The van der Waals surface area contributed by atoms with E-state index in [0.717, 1.165) is 13.0 Å². The number of nitrogens with zero attached hydrogens (tertiary/aromatic N) is 4. The van der Waals surface area contributed by atoms with Crippen LogP contribution < -0.4 is 15.0 Å². The van der Waals surface area contributed by atoms with E-state index in [2.05, 4.69) is 15.1 Å².